The van der Waals surface area contributed by atoms with Gasteiger partial charge in [-0.3, -0.25) is 0 Å². The molecule has 116 valence electrons. The second kappa shape index (κ2) is 7.05. The fourth-order valence-electron chi connectivity index (χ4n) is 2.74. The van der Waals surface area contributed by atoms with Crippen molar-refractivity contribution >= 4 is 11.0 Å². The highest BCUT2D eigenvalue weighted by molar-refractivity contribution is 5.75. The predicted octanol–water partition coefficient (Wildman–Crippen LogP) is 2.73. The first kappa shape index (κ1) is 16.0. The molecular formula is C17H28N4. The third kappa shape index (κ3) is 3.83. The number of hydrogen-bond acceptors (Lipinski definition) is 3. The first-order valence-corrected chi connectivity index (χ1v) is 7.85. The zero-order valence-electron chi connectivity index (χ0n) is 13.9. The van der Waals surface area contributed by atoms with Gasteiger partial charge in [-0.2, -0.15) is 0 Å². The summed E-state index contributed by atoms with van der Waals surface area (Å²) in [6, 6.07) is 8.84. The largest absolute Gasteiger partial charge is 0.327 e. The molecule has 0 radical (unpaired) electrons. The van der Waals surface area contributed by atoms with Gasteiger partial charge in [-0.05, 0) is 39.1 Å². The number of nitrogens with one attached hydrogen (secondary N) is 1. The molecule has 0 aliphatic heterocycles. The lowest BCUT2D eigenvalue weighted by atomic mass is 10.0. The number of likely N-dealkylation sites (N-methyl/N-ethyl adjacent to an activating group) is 1. The molecule has 2 aromatic rings. The van der Waals surface area contributed by atoms with Crippen LogP contribution in [0.15, 0.2) is 24.3 Å². The Morgan fingerprint density at radius 2 is 1.95 bits per heavy atom. The molecule has 1 aromatic carbocycles. The quantitative estimate of drug-likeness (QED) is 0.850. The Bertz CT molecular complexity index is 571. The van der Waals surface area contributed by atoms with E-state index in [4.69, 9.17) is 4.98 Å². The normalized spacial score (nSPS) is 13.5. The zero-order chi connectivity index (χ0) is 15.4. The van der Waals surface area contributed by atoms with Crippen molar-refractivity contribution in [3.63, 3.8) is 0 Å². The van der Waals surface area contributed by atoms with Crippen LogP contribution in [-0.2, 0) is 13.1 Å². The Morgan fingerprint density at radius 1 is 1.24 bits per heavy atom. The molecule has 1 heterocycles. The summed E-state index contributed by atoms with van der Waals surface area (Å²) in [7, 11) is 4.25. The average Bonchev–Trinajstić information content (AvgIpc) is 2.80. The summed E-state index contributed by atoms with van der Waals surface area (Å²) in [6.07, 6.45) is 0. The molecular weight excluding hydrogens is 260 g/mol. The lowest BCUT2D eigenvalue weighted by Crippen LogP contribution is -2.42. The van der Waals surface area contributed by atoms with Gasteiger partial charge in [0.1, 0.15) is 5.82 Å². The molecule has 0 amide bonds. The highest BCUT2D eigenvalue weighted by Gasteiger charge is 2.16. The minimum atomic E-state index is 0.477. The molecule has 0 saturated carbocycles. The molecule has 0 aliphatic carbocycles. The number of aromatic nitrogens is 2. The van der Waals surface area contributed by atoms with E-state index in [0.717, 1.165) is 31.0 Å². The van der Waals surface area contributed by atoms with Crippen LogP contribution in [0.4, 0.5) is 0 Å². The van der Waals surface area contributed by atoms with Crippen LogP contribution in [0.2, 0.25) is 0 Å². The molecule has 4 heteroatoms. The minimum absolute atomic E-state index is 0.477. The number of hydrogen-bond donors (Lipinski definition) is 1. The third-order valence-electron chi connectivity index (χ3n) is 3.94. The van der Waals surface area contributed by atoms with Crippen LogP contribution in [0.5, 0.6) is 0 Å². The number of fused-ring (bicyclic) bond motifs is 1. The van der Waals surface area contributed by atoms with Crippen molar-refractivity contribution in [2.45, 2.75) is 39.9 Å². The lowest BCUT2D eigenvalue weighted by Gasteiger charge is -2.25. The third-order valence-corrected chi connectivity index (χ3v) is 3.94. The van der Waals surface area contributed by atoms with Crippen LogP contribution in [0.25, 0.3) is 11.0 Å². The van der Waals surface area contributed by atoms with Gasteiger partial charge in [-0.1, -0.05) is 26.0 Å². The van der Waals surface area contributed by atoms with Gasteiger partial charge in [0.15, 0.2) is 0 Å². The van der Waals surface area contributed by atoms with Crippen LogP contribution in [0, 0.1) is 5.92 Å². The van der Waals surface area contributed by atoms with Crippen LogP contribution >= 0.6 is 0 Å². The van der Waals surface area contributed by atoms with Gasteiger partial charge < -0.3 is 14.8 Å². The Balaban J connectivity index is 2.15. The standard InChI is InChI=1S/C17H28N4/c1-6-21-16-10-8-7-9-14(16)19-17(21)11-18-15(13(2)3)12-20(4)5/h7-10,13,15,18H,6,11-12H2,1-5H3. The van der Waals surface area contributed by atoms with Gasteiger partial charge in [-0.15, -0.1) is 0 Å². The van der Waals surface area contributed by atoms with E-state index in [-0.39, 0.29) is 0 Å². The Hall–Kier alpha value is -1.39. The molecule has 0 saturated heterocycles. The van der Waals surface area contributed by atoms with E-state index in [1.807, 2.05) is 0 Å². The number of aryl methyl sites for hydroxylation is 1. The molecule has 2 rings (SSSR count). The summed E-state index contributed by atoms with van der Waals surface area (Å²) in [6.45, 7) is 9.53. The van der Waals surface area contributed by atoms with Gasteiger partial charge in [0.25, 0.3) is 0 Å². The van der Waals surface area contributed by atoms with Gasteiger partial charge in [-0.25, -0.2) is 4.98 Å². The second-order valence-electron chi connectivity index (χ2n) is 6.25. The van der Waals surface area contributed by atoms with E-state index < -0.39 is 0 Å². The predicted molar refractivity (Wildman–Crippen MR) is 89.4 cm³/mol. The smallest absolute Gasteiger partial charge is 0.123 e. The van der Waals surface area contributed by atoms with Crippen molar-refractivity contribution < 1.29 is 0 Å². The second-order valence-corrected chi connectivity index (χ2v) is 6.25. The highest BCUT2D eigenvalue weighted by Crippen LogP contribution is 2.16. The number of para-hydroxylation sites is 2. The van der Waals surface area contributed by atoms with Crippen molar-refractivity contribution in [1.82, 2.24) is 19.8 Å². The summed E-state index contributed by atoms with van der Waals surface area (Å²) in [5, 5.41) is 3.68. The fourth-order valence-corrected chi connectivity index (χ4v) is 2.74. The van der Waals surface area contributed by atoms with E-state index >= 15 is 0 Å². The lowest BCUT2D eigenvalue weighted by molar-refractivity contribution is 0.286. The Kier molecular flexibility index (Phi) is 5.37. The molecule has 1 unspecified atom stereocenters. The molecule has 1 N–H and O–H groups in total. The van der Waals surface area contributed by atoms with E-state index in [1.54, 1.807) is 0 Å². The van der Waals surface area contributed by atoms with E-state index in [2.05, 4.69) is 73.9 Å². The Morgan fingerprint density at radius 3 is 2.57 bits per heavy atom. The maximum absolute atomic E-state index is 4.78. The zero-order valence-corrected chi connectivity index (χ0v) is 13.9. The fraction of sp³-hybridized carbons (Fsp3) is 0.588. The van der Waals surface area contributed by atoms with Crippen molar-refractivity contribution in [2.24, 2.45) is 5.92 Å². The van der Waals surface area contributed by atoms with Gasteiger partial charge in [0.05, 0.1) is 17.6 Å². The van der Waals surface area contributed by atoms with Crippen LogP contribution in [0.3, 0.4) is 0 Å². The summed E-state index contributed by atoms with van der Waals surface area (Å²) in [5.74, 6) is 1.73. The van der Waals surface area contributed by atoms with E-state index in [1.165, 1.54) is 5.52 Å². The molecule has 4 nitrogen and oxygen atoms in total. The summed E-state index contributed by atoms with van der Waals surface area (Å²) >= 11 is 0. The molecule has 21 heavy (non-hydrogen) atoms. The maximum Gasteiger partial charge on any atom is 0.123 e. The maximum atomic E-state index is 4.78. The van der Waals surface area contributed by atoms with E-state index in [0.29, 0.717) is 12.0 Å². The topological polar surface area (TPSA) is 33.1 Å². The molecule has 1 atom stereocenters. The van der Waals surface area contributed by atoms with Gasteiger partial charge >= 0.3 is 0 Å². The minimum Gasteiger partial charge on any atom is -0.327 e. The van der Waals surface area contributed by atoms with E-state index in [9.17, 15) is 0 Å². The summed E-state index contributed by atoms with van der Waals surface area (Å²) in [4.78, 5) is 7.02. The van der Waals surface area contributed by atoms with Gasteiger partial charge in [0.2, 0.25) is 0 Å². The van der Waals surface area contributed by atoms with Crippen molar-refractivity contribution in [1.29, 1.82) is 0 Å². The SMILES string of the molecule is CCn1c(CNC(CN(C)C)C(C)C)nc2ccccc21. The monoisotopic (exact) mass is 288 g/mol. The number of imidazole rings is 1. The summed E-state index contributed by atoms with van der Waals surface area (Å²) < 4.78 is 2.30. The molecule has 0 aliphatic rings. The molecule has 1 aromatic heterocycles. The number of rotatable bonds is 7. The molecule has 0 spiro atoms. The van der Waals surface area contributed by atoms with Crippen molar-refractivity contribution in [2.75, 3.05) is 20.6 Å². The van der Waals surface area contributed by atoms with Gasteiger partial charge in [0, 0.05) is 19.1 Å². The first-order valence-electron chi connectivity index (χ1n) is 7.85. The summed E-state index contributed by atoms with van der Waals surface area (Å²) in [5.41, 5.74) is 2.32. The van der Waals surface area contributed by atoms with Crippen LogP contribution < -0.4 is 5.32 Å². The van der Waals surface area contributed by atoms with Crippen molar-refractivity contribution in [3.8, 4) is 0 Å². The van der Waals surface area contributed by atoms with Crippen LogP contribution in [0.1, 0.15) is 26.6 Å². The van der Waals surface area contributed by atoms with Crippen LogP contribution in [-0.4, -0.2) is 41.1 Å². The Labute approximate surface area is 128 Å². The van der Waals surface area contributed by atoms with Crippen molar-refractivity contribution in [3.05, 3.63) is 30.1 Å². The highest BCUT2D eigenvalue weighted by atomic mass is 15.1. The molecule has 0 fully saturated rings. The molecule has 0 bridgehead atoms. The number of nitrogens with zero attached hydrogens (tertiary/aromatic N) is 3. The average molecular weight is 288 g/mol. The first-order chi connectivity index (χ1) is 10.0. The number of benzene rings is 1.